The summed E-state index contributed by atoms with van der Waals surface area (Å²) in [6, 6.07) is 13.5. The Bertz CT molecular complexity index is 1250. The molecule has 1 aromatic heterocycles. The predicted molar refractivity (Wildman–Crippen MR) is 124 cm³/mol. The molecule has 1 aliphatic heterocycles. The third-order valence-corrected chi connectivity index (χ3v) is 7.93. The third-order valence-electron chi connectivity index (χ3n) is 5.87. The monoisotopic (exact) mass is 455 g/mol. The first-order chi connectivity index (χ1) is 15.2. The molecule has 1 aliphatic rings. The molecule has 0 saturated heterocycles. The van der Waals surface area contributed by atoms with Crippen LogP contribution in [0.15, 0.2) is 47.4 Å². The van der Waals surface area contributed by atoms with E-state index in [-0.39, 0.29) is 18.0 Å². The molecule has 2 heterocycles. The number of nitrogens with zero attached hydrogens (tertiary/aromatic N) is 3. The number of aryl methyl sites for hydroxylation is 3. The fraction of sp³-hybridized carbons (Fsp3) is 0.375. The molecular formula is C24H29N3O4S. The lowest BCUT2D eigenvalue weighted by molar-refractivity contribution is 0.0883. The quantitative estimate of drug-likeness (QED) is 0.591. The van der Waals surface area contributed by atoms with Crippen LogP contribution in [0.5, 0.6) is 5.75 Å². The van der Waals surface area contributed by atoms with Crippen molar-refractivity contribution in [3.8, 4) is 5.75 Å². The van der Waals surface area contributed by atoms with E-state index in [1.807, 2.05) is 56.3 Å². The van der Waals surface area contributed by atoms with Crippen LogP contribution in [-0.4, -0.2) is 42.6 Å². The molecule has 4 rings (SSSR count). The Morgan fingerprint density at radius 1 is 1.12 bits per heavy atom. The van der Waals surface area contributed by atoms with E-state index in [1.165, 1.54) is 4.31 Å². The molecule has 0 spiro atoms. The molecule has 0 saturated carbocycles. The van der Waals surface area contributed by atoms with Crippen molar-refractivity contribution in [3.05, 3.63) is 70.5 Å². The van der Waals surface area contributed by atoms with Crippen LogP contribution in [-0.2, 0) is 23.0 Å². The molecule has 1 unspecified atom stereocenters. The van der Waals surface area contributed by atoms with E-state index < -0.39 is 16.1 Å². The van der Waals surface area contributed by atoms with Gasteiger partial charge in [-0.1, -0.05) is 30.3 Å². The second kappa shape index (κ2) is 8.60. The summed E-state index contributed by atoms with van der Waals surface area (Å²) in [5.74, 6) is 0.730. The minimum absolute atomic E-state index is 0.0875. The molecule has 0 bridgehead atoms. The van der Waals surface area contributed by atoms with Crippen LogP contribution < -0.4 is 9.04 Å². The average Bonchev–Trinajstić information content (AvgIpc) is 3.30. The van der Waals surface area contributed by atoms with Gasteiger partial charge in [0.15, 0.2) is 0 Å². The summed E-state index contributed by atoms with van der Waals surface area (Å²) in [6.45, 7) is 8.01. The maximum atomic E-state index is 13.5. The van der Waals surface area contributed by atoms with Crippen molar-refractivity contribution >= 4 is 15.7 Å². The topological polar surface area (TPSA) is 84.7 Å². The summed E-state index contributed by atoms with van der Waals surface area (Å²) < 4.78 is 35.8. The Hall–Kier alpha value is -2.84. The molecule has 8 heteroatoms. The van der Waals surface area contributed by atoms with Crippen molar-refractivity contribution in [1.82, 2.24) is 9.78 Å². The van der Waals surface area contributed by atoms with Gasteiger partial charge in [-0.05, 0) is 62.9 Å². The molecule has 1 N–H and O–H groups in total. The molecule has 2 aromatic carbocycles. The Balaban J connectivity index is 1.52. The van der Waals surface area contributed by atoms with Gasteiger partial charge >= 0.3 is 0 Å². The number of ether oxygens (including phenoxy) is 1. The largest absolute Gasteiger partial charge is 0.491 e. The first kappa shape index (κ1) is 22.4. The molecule has 3 aromatic rings. The van der Waals surface area contributed by atoms with Crippen molar-refractivity contribution in [2.75, 3.05) is 17.5 Å². The highest BCUT2D eigenvalue weighted by molar-refractivity contribution is 7.93. The van der Waals surface area contributed by atoms with Crippen LogP contribution in [0.1, 0.15) is 28.1 Å². The van der Waals surface area contributed by atoms with E-state index in [9.17, 15) is 13.5 Å². The Kier molecular flexibility index (Phi) is 6.01. The van der Waals surface area contributed by atoms with Crippen LogP contribution in [0, 0.1) is 27.7 Å². The second-order valence-electron chi connectivity index (χ2n) is 8.37. The number of sulfonamides is 1. The average molecular weight is 456 g/mol. The second-order valence-corrected chi connectivity index (χ2v) is 10.2. The number of rotatable bonds is 7. The number of benzene rings is 2. The number of para-hydroxylation sites is 1. The summed E-state index contributed by atoms with van der Waals surface area (Å²) in [6.07, 6.45) is -0.147. The van der Waals surface area contributed by atoms with Gasteiger partial charge in [-0.2, -0.15) is 5.10 Å². The lowest BCUT2D eigenvalue weighted by Gasteiger charge is -2.20. The lowest BCUT2D eigenvalue weighted by atomic mass is 10.1. The number of aliphatic hydroxyl groups excluding tert-OH is 1. The molecule has 32 heavy (non-hydrogen) atoms. The van der Waals surface area contributed by atoms with Crippen LogP contribution in [0.3, 0.4) is 0 Å². The molecule has 0 aliphatic carbocycles. The Morgan fingerprint density at radius 3 is 2.66 bits per heavy atom. The smallest absolute Gasteiger partial charge is 0.268 e. The fourth-order valence-corrected chi connectivity index (χ4v) is 6.08. The highest BCUT2D eigenvalue weighted by Crippen LogP contribution is 2.34. The maximum Gasteiger partial charge on any atom is 0.268 e. The standard InChI is InChI=1S/C24H29N3O4S/c1-16-9-10-17(2)23(13-16)31-15-21(28)14-26-19(4)24(18(3)25-26)32(29,30)27-12-11-20-7-5-6-8-22(20)27/h5-10,13,21,28H,11-12,14-15H2,1-4H3. The van der Waals surface area contributed by atoms with Crippen molar-refractivity contribution in [3.63, 3.8) is 0 Å². The summed E-state index contributed by atoms with van der Waals surface area (Å²) in [5, 5.41) is 15.0. The first-order valence-electron chi connectivity index (χ1n) is 10.7. The minimum Gasteiger partial charge on any atom is -0.491 e. The van der Waals surface area contributed by atoms with Crippen molar-refractivity contribution in [2.24, 2.45) is 0 Å². The molecule has 0 amide bonds. The predicted octanol–water partition coefficient (Wildman–Crippen LogP) is 3.31. The van der Waals surface area contributed by atoms with Gasteiger partial charge in [0.25, 0.3) is 10.0 Å². The van der Waals surface area contributed by atoms with Crippen LogP contribution in [0.2, 0.25) is 0 Å². The highest BCUT2D eigenvalue weighted by atomic mass is 32.2. The summed E-state index contributed by atoms with van der Waals surface area (Å²) in [7, 11) is -3.76. The van der Waals surface area contributed by atoms with Gasteiger partial charge in [0.1, 0.15) is 23.4 Å². The zero-order valence-corrected chi connectivity index (χ0v) is 19.7. The minimum atomic E-state index is -3.76. The normalized spacial score (nSPS) is 14.5. The van der Waals surface area contributed by atoms with Crippen molar-refractivity contribution < 1.29 is 18.3 Å². The number of anilines is 1. The summed E-state index contributed by atoms with van der Waals surface area (Å²) in [4.78, 5) is 0.205. The van der Waals surface area contributed by atoms with Gasteiger partial charge in [0, 0.05) is 6.54 Å². The number of aromatic nitrogens is 2. The van der Waals surface area contributed by atoms with Crippen molar-refractivity contribution in [1.29, 1.82) is 0 Å². The number of fused-ring (bicyclic) bond motifs is 1. The highest BCUT2D eigenvalue weighted by Gasteiger charge is 2.35. The molecular weight excluding hydrogens is 426 g/mol. The molecule has 170 valence electrons. The molecule has 0 fully saturated rings. The Labute approximate surface area is 189 Å². The summed E-state index contributed by atoms with van der Waals surface area (Å²) in [5.41, 5.74) is 4.76. The zero-order valence-electron chi connectivity index (χ0n) is 18.9. The van der Waals surface area contributed by atoms with Crippen LogP contribution in [0.4, 0.5) is 5.69 Å². The SMILES string of the molecule is Cc1ccc(C)c(OCC(O)Cn2nc(C)c(S(=O)(=O)N3CCc4ccccc43)c2C)c1. The van der Waals surface area contributed by atoms with Gasteiger partial charge in [-0.15, -0.1) is 0 Å². The molecule has 0 radical (unpaired) electrons. The van der Waals surface area contributed by atoms with E-state index in [0.717, 1.165) is 28.1 Å². The summed E-state index contributed by atoms with van der Waals surface area (Å²) >= 11 is 0. The van der Waals surface area contributed by atoms with E-state index in [1.54, 1.807) is 18.5 Å². The van der Waals surface area contributed by atoms with Gasteiger partial charge in [0.05, 0.1) is 23.6 Å². The van der Waals surface area contributed by atoms with Crippen LogP contribution >= 0.6 is 0 Å². The lowest BCUT2D eigenvalue weighted by Crippen LogP contribution is -2.30. The first-order valence-corrected chi connectivity index (χ1v) is 12.1. The fourth-order valence-electron chi connectivity index (χ4n) is 4.20. The van der Waals surface area contributed by atoms with Gasteiger partial charge in [-0.25, -0.2) is 8.42 Å². The van der Waals surface area contributed by atoms with Crippen LogP contribution in [0.25, 0.3) is 0 Å². The zero-order chi connectivity index (χ0) is 23.0. The molecule has 7 nitrogen and oxygen atoms in total. The van der Waals surface area contributed by atoms with Gasteiger partial charge in [0.2, 0.25) is 0 Å². The maximum absolute atomic E-state index is 13.5. The van der Waals surface area contributed by atoms with E-state index >= 15 is 0 Å². The third kappa shape index (κ3) is 4.12. The van der Waals surface area contributed by atoms with E-state index in [0.29, 0.717) is 24.4 Å². The van der Waals surface area contributed by atoms with E-state index in [4.69, 9.17) is 4.74 Å². The van der Waals surface area contributed by atoms with Gasteiger partial charge < -0.3 is 9.84 Å². The number of hydrogen-bond donors (Lipinski definition) is 1. The number of aliphatic hydroxyl groups is 1. The Morgan fingerprint density at radius 2 is 1.88 bits per heavy atom. The molecule has 1 atom stereocenters. The number of hydrogen-bond acceptors (Lipinski definition) is 5. The van der Waals surface area contributed by atoms with E-state index in [2.05, 4.69) is 5.10 Å². The van der Waals surface area contributed by atoms with Crippen molar-refractivity contribution in [2.45, 2.75) is 51.7 Å². The van der Waals surface area contributed by atoms with Gasteiger partial charge in [-0.3, -0.25) is 8.99 Å².